The molecule has 1 unspecified atom stereocenters. The van der Waals surface area contributed by atoms with Gasteiger partial charge in [0.05, 0.1) is 12.3 Å². The summed E-state index contributed by atoms with van der Waals surface area (Å²) in [5, 5.41) is 19.9. The van der Waals surface area contributed by atoms with Gasteiger partial charge in [0, 0.05) is 31.1 Å². The molecule has 0 aliphatic rings. The lowest BCUT2D eigenvalue weighted by Gasteiger charge is -2.28. The van der Waals surface area contributed by atoms with E-state index in [-0.39, 0.29) is 19.1 Å². The summed E-state index contributed by atoms with van der Waals surface area (Å²) in [6.45, 7) is 8.90. The third kappa shape index (κ3) is 4.28. The van der Waals surface area contributed by atoms with Crippen LogP contribution in [0.5, 0.6) is 5.75 Å². The van der Waals surface area contributed by atoms with Gasteiger partial charge in [-0.05, 0) is 60.7 Å². The maximum absolute atomic E-state index is 9.54. The molecular weight excluding hydrogens is 422 g/mol. The Morgan fingerprint density at radius 2 is 1.68 bits per heavy atom. The van der Waals surface area contributed by atoms with Crippen LogP contribution < -0.4 is 9.64 Å². The van der Waals surface area contributed by atoms with Crippen LogP contribution in [0.15, 0.2) is 48.5 Å². The van der Waals surface area contributed by atoms with Crippen molar-refractivity contribution in [2.24, 2.45) is 0 Å². The SMILES string of the molecule is CCc1n[nH]c(N(C)C)c1C(c1c(C)cc(C)cc1C)c1c(OCCO)ccc2ccccc12. The van der Waals surface area contributed by atoms with E-state index in [9.17, 15) is 5.11 Å². The van der Waals surface area contributed by atoms with Crippen molar-refractivity contribution in [3.05, 3.63) is 87.6 Å². The summed E-state index contributed by atoms with van der Waals surface area (Å²) >= 11 is 0. The van der Waals surface area contributed by atoms with Crippen molar-refractivity contribution in [1.82, 2.24) is 10.2 Å². The zero-order valence-electron chi connectivity index (χ0n) is 21.1. The summed E-state index contributed by atoms with van der Waals surface area (Å²) in [5.41, 5.74) is 8.36. The van der Waals surface area contributed by atoms with Gasteiger partial charge in [-0.3, -0.25) is 5.10 Å². The van der Waals surface area contributed by atoms with Gasteiger partial charge in [-0.25, -0.2) is 0 Å². The number of aryl methyl sites for hydroxylation is 4. The van der Waals surface area contributed by atoms with Crippen LogP contribution in [-0.2, 0) is 6.42 Å². The smallest absolute Gasteiger partial charge is 0.128 e. The number of fused-ring (bicyclic) bond motifs is 1. The first-order valence-electron chi connectivity index (χ1n) is 11.9. The highest BCUT2D eigenvalue weighted by atomic mass is 16.5. The number of anilines is 1. The van der Waals surface area contributed by atoms with E-state index in [4.69, 9.17) is 9.84 Å². The minimum Gasteiger partial charge on any atom is -0.491 e. The molecule has 5 heteroatoms. The molecular formula is C29H35N3O2. The Morgan fingerprint density at radius 1 is 0.971 bits per heavy atom. The number of ether oxygens (including phenoxy) is 1. The fourth-order valence-electron chi connectivity index (χ4n) is 5.23. The summed E-state index contributed by atoms with van der Waals surface area (Å²) < 4.78 is 6.18. The Labute approximate surface area is 202 Å². The quantitative estimate of drug-likeness (QED) is 0.358. The number of hydrogen-bond donors (Lipinski definition) is 2. The second kappa shape index (κ2) is 9.90. The fourth-order valence-corrected chi connectivity index (χ4v) is 5.23. The largest absolute Gasteiger partial charge is 0.491 e. The minimum atomic E-state index is -0.0912. The Morgan fingerprint density at radius 3 is 2.32 bits per heavy atom. The van der Waals surface area contributed by atoms with Crippen LogP contribution in [0.3, 0.4) is 0 Å². The van der Waals surface area contributed by atoms with Crippen molar-refractivity contribution in [3.8, 4) is 5.75 Å². The number of aromatic nitrogens is 2. The van der Waals surface area contributed by atoms with E-state index in [1.807, 2.05) is 6.07 Å². The number of aliphatic hydroxyl groups is 1. The monoisotopic (exact) mass is 457 g/mol. The Balaban J connectivity index is 2.16. The maximum Gasteiger partial charge on any atom is 0.128 e. The molecule has 34 heavy (non-hydrogen) atoms. The van der Waals surface area contributed by atoms with Gasteiger partial charge < -0.3 is 14.7 Å². The van der Waals surface area contributed by atoms with Crippen LogP contribution in [0.4, 0.5) is 5.82 Å². The fraction of sp³-hybridized carbons (Fsp3) is 0.345. The summed E-state index contributed by atoms with van der Waals surface area (Å²) in [6, 6.07) is 17.1. The maximum atomic E-state index is 9.54. The molecule has 1 atom stereocenters. The molecule has 0 fully saturated rings. The zero-order valence-corrected chi connectivity index (χ0v) is 21.1. The predicted octanol–water partition coefficient (Wildman–Crippen LogP) is 5.67. The average molecular weight is 458 g/mol. The standard InChI is InChI=1S/C29H35N3O2/c1-7-23-27(29(31-30-23)32(5)6)28(25-19(3)16-18(2)17-20(25)4)26-22-11-9-8-10-21(22)12-13-24(26)34-15-14-33/h8-13,16-17,28,33H,7,14-15H2,1-6H3,(H,30,31). The number of rotatable bonds is 8. The van der Waals surface area contributed by atoms with Gasteiger partial charge in [-0.1, -0.05) is 55.0 Å². The summed E-state index contributed by atoms with van der Waals surface area (Å²) in [7, 11) is 4.10. The molecule has 1 heterocycles. The molecule has 0 aliphatic carbocycles. The first-order valence-corrected chi connectivity index (χ1v) is 11.9. The van der Waals surface area contributed by atoms with E-state index in [1.165, 1.54) is 27.8 Å². The van der Waals surface area contributed by atoms with E-state index >= 15 is 0 Å². The molecule has 3 aromatic carbocycles. The highest BCUT2D eigenvalue weighted by Crippen LogP contribution is 2.47. The van der Waals surface area contributed by atoms with Crippen molar-refractivity contribution in [2.45, 2.75) is 40.0 Å². The van der Waals surface area contributed by atoms with Gasteiger partial charge in [-0.15, -0.1) is 0 Å². The Hall–Kier alpha value is -3.31. The van der Waals surface area contributed by atoms with Gasteiger partial charge in [-0.2, -0.15) is 5.10 Å². The van der Waals surface area contributed by atoms with Crippen molar-refractivity contribution in [1.29, 1.82) is 0 Å². The first-order chi connectivity index (χ1) is 16.4. The van der Waals surface area contributed by atoms with E-state index < -0.39 is 0 Å². The van der Waals surface area contributed by atoms with Crippen molar-refractivity contribution in [2.75, 3.05) is 32.2 Å². The lowest BCUT2D eigenvalue weighted by Crippen LogP contribution is -2.17. The van der Waals surface area contributed by atoms with Gasteiger partial charge in [0.1, 0.15) is 18.2 Å². The Kier molecular flexibility index (Phi) is 6.94. The molecule has 0 saturated carbocycles. The molecule has 0 amide bonds. The lowest BCUT2D eigenvalue weighted by atomic mass is 9.77. The highest BCUT2D eigenvalue weighted by Gasteiger charge is 2.32. The highest BCUT2D eigenvalue weighted by molar-refractivity contribution is 5.90. The number of hydrogen-bond acceptors (Lipinski definition) is 4. The molecule has 0 spiro atoms. The van der Waals surface area contributed by atoms with Crippen LogP contribution >= 0.6 is 0 Å². The van der Waals surface area contributed by atoms with Crippen molar-refractivity contribution >= 4 is 16.6 Å². The van der Waals surface area contributed by atoms with Crippen LogP contribution in [0.2, 0.25) is 0 Å². The van der Waals surface area contributed by atoms with Crippen molar-refractivity contribution in [3.63, 3.8) is 0 Å². The Bertz CT molecular complexity index is 1280. The number of benzene rings is 3. The second-order valence-corrected chi connectivity index (χ2v) is 9.20. The summed E-state index contributed by atoms with van der Waals surface area (Å²) in [6.07, 6.45) is 0.817. The number of aromatic amines is 1. The van der Waals surface area contributed by atoms with Crippen LogP contribution in [-0.4, -0.2) is 42.6 Å². The van der Waals surface area contributed by atoms with E-state index in [2.05, 4.69) is 94.3 Å². The lowest BCUT2D eigenvalue weighted by molar-refractivity contribution is 0.200. The van der Waals surface area contributed by atoms with Crippen LogP contribution in [0.1, 0.15) is 51.9 Å². The number of nitrogens with one attached hydrogen (secondary N) is 1. The van der Waals surface area contributed by atoms with Crippen molar-refractivity contribution < 1.29 is 9.84 Å². The van der Waals surface area contributed by atoms with E-state index in [0.29, 0.717) is 0 Å². The number of aliphatic hydroxyl groups excluding tert-OH is 1. The number of nitrogens with zero attached hydrogens (tertiary/aromatic N) is 2. The molecule has 178 valence electrons. The van der Waals surface area contributed by atoms with Gasteiger partial charge in [0.15, 0.2) is 0 Å². The van der Waals surface area contributed by atoms with Gasteiger partial charge >= 0.3 is 0 Å². The molecule has 4 aromatic rings. The molecule has 1 aromatic heterocycles. The molecule has 4 rings (SSSR count). The van der Waals surface area contributed by atoms with Gasteiger partial charge in [0.2, 0.25) is 0 Å². The van der Waals surface area contributed by atoms with Gasteiger partial charge in [0.25, 0.3) is 0 Å². The minimum absolute atomic E-state index is 0.0333. The molecule has 0 radical (unpaired) electrons. The van der Waals surface area contributed by atoms with E-state index in [0.717, 1.165) is 40.0 Å². The molecule has 0 bridgehead atoms. The first kappa shape index (κ1) is 23.8. The second-order valence-electron chi connectivity index (χ2n) is 9.20. The average Bonchev–Trinajstić information content (AvgIpc) is 3.24. The molecule has 0 aliphatic heterocycles. The predicted molar refractivity (Wildman–Crippen MR) is 140 cm³/mol. The zero-order chi connectivity index (χ0) is 24.4. The topological polar surface area (TPSA) is 61.4 Å². The van der Waals surface area contributed by atoms with Crippen LogP contribution in [0, 0.1) is 20.8 Å². The molecule has 0 saturated heterocycles. The third-order valence-electron chi connectivity index (χ3n) is 6.53. The number of H-pyrrole nitrogens is 1. The third-order valence-corrected chi connectivity index (χ3v) is 6.53. The normalized spacial score (nSPS) is 12.2. The molecule has 5 nitrogen and oxygen atoms in total. The van der Waals surface area contributed by atoms with E-state index in [1.54, 1.807) is 0 Å². The van der Waals surface area contributed by atoms with Crippen LogP contribution in [0.25, 0.3) is 10.8 Å². The summed E-state index contributed by atoms with van der Waals surface area (Å²) in [5.74, 6) is 1.71. The summed E-state index contributed by atoms with van der Waals surface area (Å²) in [4.78, 5) is 2.10. The molecule has 2 N–H and O–H groups in total.